The fourth-order valence-corrected chi connectivity index (χ4v) is 8.20. The van der Waals surface area contributed by atoms with Gasteiger partial charge in [-0.25, -0.2) is 9.59 Å². The molecule has 4 aliphatic carbocycles. The third-order valence-electron chi connectivity index (χ3n) is 10.1. The first-order chi connectivity index (χ1) is 18.9. The Morgan fingerprint density at radius 2 is 1.75 bits per heavy atom. The summed E-state index contributed by atoms with van der Waals surface area (Å²) in [7, 11) is 0. The van der Waals surface area contributed by atoms with Crippen LogP contribution in [0.15, 0.2) is 11.6 Å². The smallest absolute Gasteiger partial charge is 0.434 e. The summed E-state index contributed by atoms with van der Waals surface area (Å²) in [5.74, 6) is -0.738. The van der Waals surface area contributed by atoms with Crippen LogP contribution in [0.1, 0.15) is 98.8 Å². The first-order valence-electron chi connectivity index (χ1n) is 14.9. The van der Waals surface area contributed by atoms with Crippen molar-refractivity contribution >= 4 is 29.7 Å². The molecule has 3 saturated carbocycles. The number of hydrogen-bond donors (Lipinski definition) is 0. The van der Waals surface area contributed by atoms with Gasteiger partial charge in [-0.1, -0.05) is 39.2 Å². The van der Waals surface area contributed by atoms with Crippen molar-refractivity contribution in [2.75, 3.05) is 13.2 Å². The van der Waals surface area contributed by atoms with Crippen LogP contribution >= 0.6 is 0 Å². The van der Waals surface area contributed by atoms with E-state index in [9.17, 15) is 24.0 Å². The molecule has 0 aliphatic heterocycles. The lowest BCUT2D eigenvalue weighted by Crippen LogP contribution is -2.62. The quantitative estimate of drug-likeness (QED) is 0.250. The van der Waals surface area contributed by atoms with Crippen molar-refractivity contribution in [2.45, 2.75) is 111 Å². The summed E-state index contributed by atoms with van der Waals surface area (Å²) in [5, 5.41) is 0. The summed E-state index contributed by atoms with van der Waals surface area (Å²) >= 11 is 0. The molecule has 4 rings (SSSR count). The van der Waals surface area contributed by atoms with Gasteiger partial charge in [-0.15, -0.1) is 0 Å². The first-order valence-corrected chi connectivity index (χ1v) is 14.9. The van der Waals surface area contributed by atoms with Gasteiger partial charge in [-0.2, -0.15) is 0 Å². The number of fused-ring (bicyclic) bond motifs is 5. The number of ether oxygens (including phenoxy) is 4. The lowest BCUT2D eigenvalue weighted by molar-refractivity contribution is -0.175. The maximum Gasteiger partial charge on any atom is 0.509 e. The van der Waals surface area contributed by atoms with Gasteiger partial charge in [0.2, 0.25) is 5.78 Å². The molecule has 0 radical (unpaired) electrons. The first kappa shape index (κ1) is 30.3. The van der Waals surface area contributed by atoms with Crippen LogP contribution in [-0.2, 0) is 33.3 Å². The molecule has 6 atom stereocenters. The van der Waals surface area contributed by atoms with Gasteiger partial charge in [0.05, 0.1) is 12.7 Å². The Bertz CT molecular complexity index is 1080. The largest absolute Gasteiger partial charge is 0.509 e. The highest BCUT2D eigenvalue weighted by Gasteiger charge is 2.71. The minimum Gasteiger partial charge on any atom is -0.434 e. The van der Waals surface area contributed by atoms with Gasteiger partial charge >= 0.3 is 12.3 Å². The molecule has 0 heterocycles. The van der Waals surface area contributed by atoms with Gasteiger partial charge < -0.3 is 18.9 Å². The number of carbonyl (C=O) groups is 5. The fourth-order valence-electron chi connectivity index (χ4n) is 8.20. The second kappa shape index (κ2) is 11.6. The van der Waals surface area contributed by atoms with E-state index in [0.29, 0.717) is 25.7 Å². The molecular formula is C31H44O9. The van der Waals surface area contributed by atoms with Gasteiger partial charge in [0.25, 0.3) is 0 Å². The minimum absolute atomic E-state index is 0.00715. The topological polar surface area (TPSA) is 122 Å². The number of rotatable bonds is 9. The van der Waals surface area contributed by atoms with Gasteiger partial charge in [-0.3, -0.25) is 14.4 Å². The number of Topliss-reactive ketones (excluding diaryl/α,β-unsaturated/α-hetero) is 2. The average molecular weight is 561 g/mol. The van der Waals surface area contributed by atoms with Crippen LogP contribution in [0, 0.1) is 28.6 Å². The molecular weight excluding hydrogens is 516 g/mol. The second-order valence-corrected chi connectivity index (χ2v) is 12.8. The molecule has 0 unspecified atom stereocenters. The molecule has 0 saturated heterocycles. The molecule has 0 N–H and O–H groups in total. The van der Waals surface area contributed by atoms with E-state index in [1.807, 2.05) is 13.8 Å². The van der Waals surface area contributed by atoms with Crippen LogP contribution < -0.4 is 0 Å². The second-order valence-electron chi connectivity index (χ2n) is 12.8. The zero-order chi connectivity index (χ0) is 29.3. The molecule has 0 aromatic heterocycles. The summed E-state index contributed by atoms with van der Waals surface area (Å²) in [6.45, 7) is 8.89. The van der Waals surface area contributed by atoms with E-state index < -0.39 is 41.8 Å². The van der Waals surface area contributed by atoms with Crippen molar-refractivity contribution in [3.05, 3.63) is 11.6 Å². The number of unbranched alkanes of at least 4 members (excludes halogenated alkanes) is 2. The Kier molecular flexibility index (Phi) is 8.81. The molecule has 4 aliphatic rings. The number of carbonyl (C=O) groups excluding carboxylic acids is 5. The molecule has 0 spiro atoms. The van der Waals surface area contributed by atoms with E-state index >= 15 is 0 Å². The lowest BCUT2D eigenvalue weighted by Gasteiger charge is -2.57. The van der Waals surface area contributed by atoms with Crippen molar-refractivity contribution in [3.8, 4) is 0 Å². The van der Waals surface area contributed by atoms with E-state index in [4.69, 9.17) is 18.9 Å². The predicted octanol–water partition coefficient (Wildman–Crippen LogP) is 5.91. The van der Waals surface area contributed by atoms with Gasteiger partial charge in [0.15, 0.2) is 18.0 Å². The molecule has 9 heteroatoms. The average Bonchev–Trinajstić information content (AvgIpc) is 3.17. The number of hydrogen-bond acceptors (Lipinski definition) is 9. The van der Waals surface area contributed by atoms with E-state index in [1.54, 1.807) is 19.9 Å². The summed E-state index contributed by atoms with van der Waals surface area (Å²) in [4.78, 5) is 65.2. The monoisotopic (exact) mass is 560 g/mol. The van der Waals surface area contributed by atoms with Crippen molar-refractivity contribution in [3.63, 3.8) is 0 Å². The minimum atomic E-state index is -1.67. The summed E-state index contributed by atoms with van der Waals surface area (Å²) in [6.07, 6.45) is 5.31. The normalized spacial score (nSPS) is 34.8. The Morgan fingerprint density at radius 1 is 1.00 bits per heavy atom. The van der Waals surface area contributed by atoms with Crippen molar-refractivity contribution in [2.24, 2.45) is 28.6 Å². The zero-order valence-electron chi connectivity index (χ0n) is 24.5. The highest BCUT2D eigenvalue weighted by Crippen LogP contribution is 2.67. The maximum atomic E-state index is 14.0. The molecule has 0 aromatic carbocycles. The molecule has 3 fully saturated rings. The van der Waals surface area contributed by atoms with E-state index in [0.717, 1.165) is 31.3 Å². The van der Waals surface area contributed by atoms with E-state index in [-0.39, 0.29) is 54.2 Å². The zero-order valence-corrected chi connectivity index (χ0v) is 24.5. The van der Waals surface area contributed by atoms with Gasteiger partial charge in [0.1, 0.15) is 5.78 Å². The predicted molar refractivity (Wildman–Crippen MR) is 144 cm³/mol. The summed E-state index contributed by atoms with van der Waals surface area (Å²) in [6, 6.07) is 0. The van der Waals surface area contributed by atoms with Gasteiger partial charge in [-0.05, 0) is 75.7 Å². The van der Waals surface area contributed by atoms with Crippen LogP contribution in [0.3, 0.4) is 0 Å². The standard InChI is InChI=1S/C31H44O9/c1-6-7-8-15-37-28(36)40-31(25(34)18-38-27(35)39-19(2)3)14-12-23-22-10-9-20-16-21(32)11-13-29(20,4)26(22)24(33)17-30(23,31)5/h16,19,22-23,26H,6-15,17-18H2,1-5H3/t22-,23-,26+,29-,30-,31-/m0/s1. The molecule has 9 nitrogen and oxygen atoms in total. The molecule has 0 amide bonds. The van der Waals surface area contributed by atoms with Crippen LogP contribution in [0.5, 0.6) is 0 Å². The highest BCUT2D eigenvalue weighted by molar-refractivity contribution is 5.95. The molecule has 222 valence electrons. The van der Waals surface area contributed by atoms with Crippen molar-refractivity contribution in [1.29, 1.82) is 0 Å². The molecule has 40 heavy (non-hydrogen) atoms. The lowest BCUT2D eigenvalue weighted by atomic mass is 9.46. The SMILES string of the molecule is CCCCCOC(=O)O[C@]1(C(=O)COC(=O)OC(C)C)CC[C@H]2[C@@H]3CCC4=CC(=O)CC[C@]4(C)[C@H]3C(=O)C[C@@]21C. The number of ketones is 3. The molecule has 0 aromatic rings. The van der Waals surface area contributed by atoms with Gasteiger partial charge in [0, 0.05) is 24.2 Å². The van der Waals surface area contributed by atoms with Crippen molar-refractivity contribution in [1.82, 2.24) is 0 Å². The third-order valence-corrected chi connectivity index (χ3v) is 10.1. The highest BCUT2D eigenvalue weighted by atomic mass is 16.7. The van der Waals surface area contributed by atoms with Crippen LogP contribution in [0.4, 0.5) is 9.59 Å². The van der Waals surface area contributed by atoms with Crippen LogP contribution in [0.25, 0.3) is 0 Å². The Hall–Kier alpha value is -2.71. The Balaban J connectivity index is 1.63. The fraction of sp³-hybridized carbons (Fsp3) is 0.774. The Labute approximate surface area is 236 Å². The maximum absolute atomic E-state index is 14.0. The van der Waals surface area contributed by atoms with E-state index in [1.165, 1.54) is 0 Å². The van der Waals surface area contributed by atoms with Crippen molar-refractivity contribution < 1.29 is 42.9 Å². The van der Waals surface area contributed by atoms with Crippen LogP contribution in [0.2, 0.25) is 0 Å². The summed E-state index contributed by atoms with van der Waals surface area (Å²) in [5.41, 5.74) is -1.98. The van der Waals surface area contributed by atoms with Crippen LogP contribution in [-0.4, -0.2) is 54.6 Å². The summed E-state index contributed by atoms with van der Waals surface area (Å²) < 4.78 is 21.4. The van der Waals surface area contributed by atoms with E-state index in [2.05, 4.69) is 6.92 Å². The number of allylic oxidation sites excluding steroid dienone is 1. The Morgan fingerprint density at radius 3 is 2.45 bits per heavy atom. The third kappa shape index (κ3) is 5.32. The molecule has 0 bridgehead atoms.